The van der Waals surface area contributed by atoms with Crippen LogP contribution in [0.1, 0.15) is 0 Å². The predicted octanol–water partition coefficient (Wildman–Crippen LogP) is -1.01. The van der Waals surface area contributed by atoms with Crippen LogP contribution >= 0.6 is 0 Å². The highest BCUT2D eigenvalue weighted by Crippen LogP contribution is 2.22. The van der Waals surface area contributed by atoms with Crippen molar-refractivity contribution in [3.05, 3.63) is 48.7 Å². The molecule has 0 radical (unpaired) electrons. The van der Waals surface area contributed by atoms with Crippen molar-refractivity contribution in [2.75, 3.05) is 11.9 Å². The molecule has 23 heavy (non-hydrogen) atoms. The minimum atomic E-state index is -1.88. The fourth-order valence-corrected chi connectivity index (χ4v) is 1.71. The fraction of sp³-hybridized carbons (Fsp3) is 0.0667. The predicted molar refractivity (Wildman–Crippen MR) is 76.9 cm³/mol. The summed E-state index contributed by atoms with van der Waals surface area (Å²) in [7, 11) is 0. The van der Waals surface area contributed by atoms with Gasteiger partial charge in [0.1, 0.15) is 12.4 Å². The molecule has 0 spiro atoms. The molecule has 0 saturated carbocycles. The molecule has 118 valence electrons. The van der Waals surface area contributed by atoms with E-state index in [0.29, 0.717) is 10.9 Å². The van der Waals surface area contributed by atoms with Gasteiger partial charge < -0.3 is 29.9 Å². The molecule has 0 aliphatic heterocycles. The average Bonchev–Trinajstić information content (AvgIpc) is 2.52. The lowest BCUT2D eigenvalue weighted by Crippen LogP contribution is -2.36. The molecule has 0 fully saturated rings. The smallest absolute Gasteiger partial charge is 0.319 e. The van der Waals surface area contributed by atoms with Gasteiger partial charge in [0, 0.05) is 17.2 Å². The quantitative estimate of drug-likeness (QED) is 0.298. The molecular weight excluding hydrogens is 302 g/mol. The number of carboxylic acids is 2. The van der Waals surface area contributed by atoms with Crippen molar-refractivity contribution in [1.82, 2.24) is 9.97 Å². The molecule has 0 aliphatic rings. The number of anilines is 1. The minimum Gasteiger partial charge on any atom is -0.545 e. The van der Waals surface area contributed by atoms with Crippen molar-refractivity contribution < 1.29 is 24.5 Å². The molecule has 8 nitrogen and oxygen atoms in total. The first-order valence-corrected chi connectivity index (χ1v) is 6.42. The number of carboxylic acid groups (broad SMARTS) is 2. The van der Waals surface area contributed by atoms with Crippen LogP contribution in [0.5, 0.6) is 6.01 Å². The van der Waals surface area contributed by atoms with Gasteiger partial charge >= 0.3 is 6.01 Å². The van der Waals surface area contributed by atoms with Gasteiger partial charge in [-0.3, -0.25) is 0 Å². The van der Waals surface area contributed by atoms with E-state index in [1.807, 2.05) is 0 Å². The number of aromatic nitrogens is 2. The Hall–Kier alpha value is -3.42. The number of ether oxygens (including phenoxy) is 1. The summed E-state index contributed by atoms with van der Waals surface area (Å²) in [6.45, 7) is 3.69. The zero-order valence-corrected chi connectivity index (χ0v) is 11.8. The van der Waals surface area contributed by atoms with E-state index in [-0.39, 0.29) is 18.4 Å². The Bertz CT molecular complexity index is 785. The molecule has 0 atom stereocenters. The topological polar surface area (TPSA) is 127 Å². The number of hydrogen-bond donors (Lipinski definition) is 1. The number of hydrogen-bond acceptors (Lipinski definition) is 8. The monoisotopic (exact) mass is 313 g/mol. The average molecular weight is 313 g/mol. The summed E-state index contributed by atoms with van der Waals surface area (Å²) >= 11 is 0. The number of rotatable bonds is 7. The molecule has 1 heterocycles. The summed E-state index contributed by atoms with van der Waals surface area (Å²) in [6.07, 6.45) is 2.24. The second kappa shape index (κ2) is 7.03. The molecule has 1 aromatic heterocycles. The first kappa shape index (κ1) is 16.0. The Kier molecular flexibility index (Phi) is 4.88. The molecule has 0 aliphatic carbocycles. The van der Waals surface area contributed by atoms with Crippen LogP contribution in [0.15, 0.2) is 48.7 Å². The number of nitrogens with zero attached hydrogens (tertiary/aromatic N) is 2. The lowest BCUT2D eigenvalue weighted by Gasteiger charge is -2.12. The molecule has 0 bridgehead atoms. The second-order valence-corrected chi connectivity index (χ2v) is 4.25. The highest BCUT2D eigenvalue weighted by atomic mass is 16.5. The van der Waals surface area contributed by atoms with Crippen molar-refractivity contribution in [1.29, 1.82) is 0 Å². The molecule has 0 amide bonds. The second-order valence-electron chi connectivity index (χ2n) is 4.25. The minimum absolute atomic E-state index is 0.0305. The largest absolute Gasteiger partial charge is 0.545 e. The first-order valence-electron chi connectivity index (χ1n) is 6.42. The summed E-state index contributed by atoms with van der Waals surface area (Å²) < 4.78 is 5.25. The third-order valence-corrected chi connectivity index (χ3v) is 2.71. The zero-order chi connectivity index (χ0) is 16.8. The van der Waals surface area contributed by atoms with Crippen LogP contribution in [0.4, 0.5) is 5.82 Å². The highest BCUT2D eigenvalue weighted by molar-refractivity contribution is 6.11. The normalized spacial score (nSPS) is 9.91. The molecule has 1 aromatic carbocycles. The Labute approximate surface area is 130 Å². The van der Waals surface area contributed by atoms with E-state index in [4.69, 9.17) is 4.74 Å². The summed E-state index contributed by atoms with van der Waals surface area (Å²) in [5.41, 5.74) is -0.512. The standard InChI is InChI=1S/C15H13N3O5/c1-2-7-23-15-17-11-6-4-3-5-9(11)12(18-15)16-8-10(13(19)20)14(21)22/h2-6,8H,1,7H2,(H,19,20)(H,21,22)(H,16,17,18)/p-2. The van der Waals surface area contributed by atoms with E-state index in [1.165, 1.54) is 6.08 Å². The molecule has 0 saturated heterocycles. The van der Waals surface area contributed by atoms with E-state index in [9.17, 15) is 19.8 Å². The van der Waals surface area contributed by atoms with Crippen molar-refractivity contribution in [3.8, 4) is 6.01 Å². The SMILES string of the molecule is C=CCOc1nc(NC=C(C(=O)[O-])C(=O)[O-])c2ccccc2n1. The Morgan fingerprint density at radius 3 is 2.57 bits per heavy atom. The number of aliphatic carboxylic acids is 2. The number of carbonyl (C=O) groups excluding carboxylic acids is 2. The first-order chi connectivity index (χ1) is 11.0. The zero-order valence-electron chi connectivity index (χ0n) is 11.8. The summed E-state index contributed by atoms with van der Waals surface area (Å²) in [4.78, 5) is 29.7. The van der Waals surface area contributed by atoms with E-state index in [2.05, 4.69) is 21.9 Å². The molecule has 0 unspecified atom stereocenters. The fourth-order valence-electron chi connectivity index (χ4n) is 1.71. The van der Waals surface area contributed by atoms with Gasteiger partial charge in [-0.25, -0.2) is 0 Å². The van der Waals surface area contributed by atoms with Gasteiger partial charge in [0.15, 0.2) is 0 Å². The Balaban J connectivity index is 2.45. The van der Waals surface area contributed by atoms with Crippen LogP contribution in [0.2, 0.25) is 0 Å². The van der Waals surface area contributed by atoms with Crippen LogP contribution in [-0.4, -0.2) is 28.5 Å². The van der Waals surface area contributed by atoms with Gasteiger partial charge in [-0.15, -0.1) is 0 Å². The van der Waals surface area contributed by atoms with Crippen LogP contribution < -0.4 is 20.3 Å². The number of benzene rings is 1. The van der Waals surface area contributed by atoms with Gasteiger partial charge in [-0.2, -0.15) is 9.97 Å². The Morgan fingerprint density at radius 2 is 1.91 bits per heavy atom. The Morgan fingerprint density at radius 1 is 1.22 bits per heavy atom. The van der Waals surface area contributed by atoms with Crippen LogP contribution in [-0.2, 0) is 9.59 Å². The molecule has 2 aromatic rings. The lowest BCUT2D eigenvalue weighted by molar-refractivity contribution is -0.312. The highest BCUT2D eigenvalue weighted by Gasteiger charge is 2.08. The maximum atomic E-state index is 10.7. The molecule has 2 rings (SSSR count). The van der Waals surface area contributed by atoms with Gasteiger partial charge in [0.05, 0.1) is 17.5 Å². The maximum Gasteiger partial charge on any atom is 0.319 e. The number of fused-ring (bicyclic) bond motifs is 1. The maximum absolute atomic E-state index is 10.7. The number of nitrogens with one attached hydrogen (secondary N) is 1. The van der Waals surface area contributed by atoms with Crippen molar-refractivity contribution in [3.63, 3.8) is 0 Å². The molecular formula is C15H11N3O5-2. The third kappa shape index (κ3) is 3.82. The van der Waals surface area contributed by atoms with Crippen molar-refractivity contribution in [2.45, 2.75) is 0 Å². The van der Waals surface area contributed by atoms with Crippen LogP contribution in [0, 0.1) is 0 Å². The van der Waals surface area contributed by atoms with E-state index in [1.54, 1.807) is 24.3 Å². The van der Waals surface area contributed by atoms with Crippen molar-refractivity contribution >= 4 is 28.7 Å². The summed E-state index contributed by atoms with van der Waals surface area (Å²) in [5.74, 6) is -3.58. The van der Waals surface area contributed by atoms with Crippen LogP contribution in [0.3, 0.4) is 0 Å². The van der Waals surface area contributed by atoms with Gasteiger partial charge in [-0.1, -0.05) is 24.8 Å². The van der Waals surface area contributed by atoms with E-state index < -0.39 is 17.5 Å². The number of para-hydroxylation sites is 1. The van der Waals surface area contributed by atoms with Gasteiger partial charge in [0.25, 0.3) is 0 Å². The van der Waals surface area contributed by atoms with Gasteiger partial charge in [0.2, 0.25) is 0 Å². The third-order valence-electron chi connectivity index (χ3n) is 2.71. The van der Waals surface area contributed by atoms with Crippen molar-refractivity contribution in [2.24, 2.45) is 0 Å². The molecule has 8 heteroatoms. The lowest BCUT2D eigenvalue weighted by atomic mass is 10.2. The molecule has 1 N–H and O–H groups in total. The van der Waals surface area contributed by atoms with E-state index >= 15 is 0 Å². The summed E-state index contributed by atoms with van der Waals surface area (Å²) in [6, 6.07) is 6.89. The number of carbonyl (C=O) groups is 2. The summed E-state index contributed by atoms with van der Waals surface area (Å²) in [5, 5.41) is 24.5. The van der Waals surface area contributed by atoms with E-state index in [0.717, 1.165) is 6.20 Å². The van der Waals surface area contributed by atoms with Gasteiger partial charge in [-0.05, 0) is 12.1 Å². The van der Waals surface area contributed by atoms with Crippen LogP contribution in [0.25, 0.3) is 10.9 Å².